The normalized spacial score (nSPS) is 14.2. The fourth-order valence-corrected chi connectivity index (χ4v) is 4.77. The standard InChI is InChI=1S/C29H30F6N4O4/c1-28(2,3)43-27(41)36-18(10-17-12-21(31)22(32)14-20(17)30)13-24(40)38-8-9-39-23(15-38)25(37-26(39)29(33,34)35)16-6-5-7-19(11-16)42-4/h5-7,11-12,14,18H,8-10,13,15H2,1-4H3,(H,36,41)/t18-/m1/s1. The number of benzene rings is 2. The first kappa shape index (κ1) is 31.7. The van der Waals surface area contributed by atoms with Crippen LogP contribution in [0.25, 0.3) is 11.3 Å². The van der Waals surface area contributed by atoms with Gasteiger partial charge in [-0.25, -0.2) is 22.9 Å². The Bertz CT molecular complexity index is 1520. The van der Waals surface area contributed by atoms with E-state index in [0.717, 1.165) is 4.57 Å². The monoisotopic (exact) mass is 612 g/mol. The smallest absolute Gasteiger partial charge is 0.449 e. The van der Waals surface area contributed by atoms with Crippen LogP contribution in [0.15, 0.2) is 36.4 Å². The predicted molar refractivity (Wildman–Crippen MR) is 142 cm³/mol. The Morgan fingerprint density at radius 2 is 1.72 bits per heavy atom. The fourth-order valence-electron chi connectivity index (χ4n) is 4.77. The highest BCUT2D eigenvalue weighted by atomic mass is 19.4. The number of hydrogen-bond donors (Lipinski definition) is 1. The molecule has 1 aromatic heterocycles. The van der Waals surface area contributed by atoms with Crippen LogP contribution in [0.4, 0.5) is 31.1 Å². The van der Waals surface area contributed by atoms with E-state index in [1.807, 2.05) is 0 Å². The SMILES string of the molecule is COc1cccc(-c2nc(C(F)(F)F)n3c2CN(C(=O)C[C@@H](Cc2cc(F)c(F)cc2F)NC(=O)OC(C)(C)C)CC3)c1. The summed E-state index contributed by atoms with van der Waals surface area (Å²) in [4.78, 5) is 31.2. The number of aromatic nitrogens is 2. The Morgan fingerprint density at radius 3 is 2.37 bits per heavy atom. The summed E-state index contributed by atoms with van der Waals surface area (Å²) in [6.07, 6.45) is -6.52. The molecule has 1 aliphatic rings. The fraction of sp³-hybridized carbons (Fsp3) is 0.414. The van der Waals surface area contributed by atoms with Gasteiger partial charge in [-0.1, -0.05) is 12.1 Å². The van der Waals surface area contributed by atoms with Crippen molar-refractivity contribution in [1.29, 1.82) is 0 Å². The Kier molecular flexibility index (Phi) is 8.97. The molecule has 1 N–H and O–H groups in total. The third-order valence-electron chi connectivity index (χ3n) is 6.65. The van der Waals surface area contributed by atoms with Crippen molar-refractivity contribution < 1.29 is 45.4 Å². The third-order valence-corrected chi connectivity index (χ3v) is 6.65. The average molecular weight is 613 g/mol. The van der Waals surface area contributed by atoms with Crippen LogP contribution in [0.5, 0.6) is 5.75 Å². The molecule has 0 radical (unpaired) electrons. The number of nitrogens with zero attached hydrogens (tertiary/aromatic N) is 3. The van der Waals surface area contributed by atoms with Gasteiger partial charge in [-0.05, 0) is 51.0 Å². The average Bonchev–Trinajstić information content (AvgIpc) is 3.30. The maximum absolute atomic E-state index is 14.5. The number of methoxy groups -OCH3 is 1. The van der Waals surface area contributed by atoms with Gasteiger partial charge in [0.05, 0.1) is 25.0 Å². The molecule has 4 rings (SSSR count). The molecule has 0 spiro atoms. The molecular formula is C29H30F6N4O4. The lowest BCUT2D eigenvalue weighted by atomic mass is 10.0. The zero-order chi connectivity index (χ0) is 31.7. The summed E-state index contributed by atoms with van der Waals surface area (Å²) in [6, 6.07) is 6.20. The van der Waals surface area contributed by atoms with Crippen LogP contribution < -0.4 is 10.1 Å². The number of ether oxygens (including phenoxy) is 2. The number of imidazole rings is 1. The van der Waals surface area contributed by atoms with Crippen molar-refractivity contribution in [3.05, 3.63) is 70.9 Å². The molecule has 0 aliphatic carbocycles. The van der Waals surface area contributed by atoms with Gasteiger partial charge in [-0.3, -0.25) is 4.79 Å². The summed E-state index contributed by atoms with van der Waals surface area (Å²) in [5.74, 6) is -5.08. The Morgan fingerprint density at radius 1 is 1.02 bits per heavy atom. The molecule has 1 atom stereocenters. The van der Waals surface area contributed by atoms with Gasteiger partial charge in [-0.15, -0.1) is 0 Å². The van der Waals surface area contributed by atoms with E-state index < -0.39 is 65.9 Å². The molecule has 3 aromatic rings. The lowest BCUT2D eigenvalue weighted by molar-refractivity contribution is -0.148. The number of carbonyl (C=O) groups excluding carboxylic acids is 2. The lowest BCUT2D eigenvalue weighted by Gasteiger charge is -2.31. The number of halogens is 6. The minimum atomic E-state index is -4.75. The van der Waals surface area contributed by atoms with E-state index in [1.165, 1.54) is 18.1 Å². The number of alkyl halides is 3. The van der Waals surface area contributed by atoms with Crippen LogP contribution >= 0.6 is 0 Å². The van der Waals surface area contributed by atoms with Crippen LogP contribution in [0.3, 0.4) is 0 Å². The molecule has 0 bridgehead atoms. The second-order valence-electron chi connectivity index (χ2n) is 11.0. The second kappa shape index (κ2) is 12.2. The van der Waals surface area contributed by atoms with Gasteiger partial charge >= 0.3 is 12.3 Å². The number of fused-ring (bicyclic) bond motifs is 1. The zero-order valence-corrected chi connectivity index (χ0v) is 23.8. The van der Waals surface area contributed by atoms with Crippen LogP contribution in [0.2, 0.25) is 0 Å². The molecule has 8 nitrogen and oxygen atoms in total. The van der Waals surface area contributed by atoms with E-state index in [1.54, 1.807) is 39.0 Å². The number of rotatable bonds is 7. The highest BCUT2D eigenvalue weighted by Crippen LogP contribution is 2.36. The van der Waals surface area contributed by atoms with Gasteiger partial charge < -0.3 is 24.3 Å². The van der Waals surface area contributed by atoms with Crippen LogP contribution in [-0.2, 0) is 35.2 Å². The van der Waals surface area contributed by atoms with Gasteiger partial charge in [0.2, 0.25) is 11.7 Å². The van der Waals surface area contributed by atoms with Gasteiger partial charge in [0.15, 0.2) is 11.6 Å². The van der Waals surface area contributed by atoms with E-state index >= 15 is 0 Å². The van der Waals surface area contributed by atoms with Crippen molar-refractivity contribution >= 4 is 12.0 Å². The van der Waals surface area contributed by atoms with Crippen molar-refractivity contribution in [2.45, 2.75) is 64.5 Å². The Labute approximate surface area is 243 Å². The maximum atomic E-state index is 14.5. The number of alkyl carbamates (subject to hydrolysis) is 1. The Hall–Kier alpha value is -4.23. The van der Waals surface area contributed by atoms with Crippen LogP contribution in [0, 0.1) is 17.5 Å². The van der Waals surface area contributed by atoms with E-state index in [0.29, 0.717) is 23.4 Å². The van der Waals surface area contributed by atoms with Crippen LogP contribution in [0.1, 0.15) is 44.3 Å². The molecule has 2 heterocycles. The molecule has 14 heteroatoms. The van der Waals surface area contributed by atoms with Gasteiger partial charge in [0.25, 0.3) is 0 Å². The van der Waals surface area contributed by atoms with Crippen molar-refractivity contribution in [2.24, 2.45) is 0 Å². The molecule has 2 aromatic carbocycles. The molecule has 43 heavy (non-hydrogen) atoms. The molecule has 2 amide bonds. The topological polar surface area (TPSA) is 85.7 Å². The number of hydrogen-bond acceptors (Lipinski definition) is 5. The molecular weight excluding hydrogens is 582 g/mol. The summed E-state index contributed by atoms with van der Waals surface area (Å²) >= 11 is 0. The summed E-state index contributed by atoms with van der Waals surface area (Å²) in [5, 5.41) is 2.47. The quantitative estimate of drug-likeness (QED) is 0.267. The van der Waals surface area contributed by atoms with Gasteiger partial charge in [-0.2, -0.15) is 13.2 Å². The predicted octanol–water partition coefficient (Wildman–Crippen LogP) is 5.86. The van der Waals surface area contributed by atoms with E-state index in [9.17, 15) is 35.9 Å². The molecule has 0 unspecified atom stereocenters. The highest BCUT2D eigenvalue weighted by Gasteiger charge is 2.41. The first-order chi connectivity index (χ1) is 20.1. The van der Waals surface area contributed by atoms with E-state index in [2.05, 4.69) is 10.3 Å². The minimum Gasteiger partial charge on any atom is -0.497 e. The summed E-state index contributed by atoms with van der Waals surface area (Å²) in [6.45, 7) is 4.25. The second-order valence-corrected chi connectivity index (χ2v) is 11.0. The van der Waals surface area contributed by atoms with Crippen LogP contribution in [-0.4, -0.2) is 51.7 Å². The summed E-state index contributed by atoms with van der Waals surface area (Å²) in [7, 11) is 1.41. The zero-order valence-electron chi connectivity index (χ0n) is 23.8. The van der Waals surface area contributed by atoms with E-state index in [-0.39, 0.29) is 36.6 Å². The molecule has 232 valence electrons. The maximum Gasteiger partial charge on any atom is 0.449 e. The van der Waals surface area contributed by atoms with Crippen molar-refractivity contribution in [3.63, 3.8) is 0 Å². The van der Waals surface area contributed by atoms with Crippen molar-refractivity contribution in [2.75, 3.05) is 13.7 Å². The molecule has 1 aliphatic heterocycles. The first-order valence-electron chi connectivity index (χ1n) is 13.3. The number of amides is 2. The Balaban J connectivity index is 1.62. The third kappa shape index (κ3) is 7.59. The number of carbonyl (C=O) groups is 2. The van der Waals surface area contributed by atoms with E-state index in [4.69, 9.17) is 9.47 Å². The van der Waals surface area contributed by atoms with Gasteiger partial charge in [0.1, 0.15) is 17.2 Å². The summed E-state index contributed by atoms with van der Waals surface area (Å²) < 4.78 is 94.9. The van der Waals surface area contributed by atoms with Crippen molar-refractivity contribution in [1.82, 2.24) is 19.8 Å². The molecule has 0 saturated heterocycles. The largest absolute Gasteiger partial charge is 0.497 e. The summed E-state index contributed by atoms with van der Waals surface area (Å²) in [5.41, 5.74) is -0.686. The highest BCUT2D eigenvalue weighted by molar-refractivity contribution is 5.78. The van der Waals surface area contributed by atoms with Crippen molar-refractivity contribution in [3.8, 4) is 17.0 Å². The van der Waals surface area contributed by atoms with Gasteiger partial charge in [0, 0.05) is 37.2 Å². The lowest BCUT2D eigenvalue weighted by Crippen LogP contribution is -2.45. The minimum absolute atomic E-state index is 0.0241. The molecule has 0 saturated carbocycles. The number of nitrogens with one attached hydrogen (secondary N) is 1. The first-order valence-corrected chi connectivity index (χ1v) is 13.3. The molecule has 0 fully saturated rings.